The predicted octanol–water partition coefficient (Wildman–Crippen LogP) is 4.31. The number of carboxylic acid groups (broad SMARTS) is 1. The first-order chi connectivity index (χ1) is 19.8. The molecule has 1 fully saturated rings. The summed E-state index contributed by atoms with van der Waals surface area (Å²) in [6.07, 6.45) is 2.95. The quantitative estimate of drug-likeness (QED) is 0.304. The molecule has 0 radical (unpaired) electrons. The van der Waals surface area contributed by atoms with E-state index in [0.717, 1.165) is 24.9 Å². The molecule has 41 heavy (non-hydrogen) atoms. The van der Waals surface area contributed by atoms with Crippen molar-refractivity contribution in [2.24, 2.45) is 5.92 Å². The summed E-state index contributed by atoms with van der Waals surface area (Å²) in [6, 6.07) is 22.2. The molecule has 1 aliphatic rings. The van der Waals surface area contributed by atoms with Gasteiger partial charge < -0.3 is 30.3 Å². The van der Waals surface area contributed by atoms with Crippen molar-refractivity contribution in [3.05, 3.63) is 84.4 Å². The number of rotatable bonds is 12. The van der Waals surface area contributed by atoms with Crippen LogP contribution in [0.25, 0.3) is 0 Å². The van der Waals surface area contributed by atoms with Gasteiger partial charge >= 0.3 is 12.0 Å². The first-order valence-electron chi connectivity index (χ1n) is 13.5. The number of aliphatic carboxylic acids is 1. The molecule has 0 saturated heterocycles. The predicted molar refractivity (Wildman–Crippen MR) is 156 cm³/mol. The summed E-state index contributed by atoms with van der Waals surface area (Å²) in [5.74, 6) is -0.803. The van der Waals surface area contributed by atoms with E-state index in [9.17, 15) is 19.2 Å². The van der Waals surface area contributed by atoms with Gasteiger partial charge in [-0.2, -0.15) is 0 Å². The lowest BCUT2D eigenvalue weighted by atomic mass is 9.85. The molecule has 10 heteroatoms. The zero-order valence-electron chi connectivity index (χ0n) is 22.9. The van der Waals surface area contributed by atoms with Gasteiger partial charge in [0.05, 0.1) is 18.7 Å². The fourth-order valence-corrected chi connectivity index (χ4v) is 4.46. The monoisotopic (exact) mass is 558 g/mol. The second-order valence-electron chi connectivity index (χ2n) is 9.92. The molecule has 4 rings (SSSR count). The summed E-state index contributed by atoms with van der Waals surface area (Å²) in [4.78, 5) is 52.9. The summed E-state index contributed by atoms with van der Waals surface area (Å²) in [5, 5.41) is 14.2. The molecule has 4 amide bonds. The van der Waals surface area contributed by atoms with Gasteiger partial charge in [0.1, 0.15) is 5.75 Å². The van der Waals surface area contributed by atoms with Crippen molar-refractivity contribution in [1.29, 1.82) is 0 Å². The van der Waals surface area contributed by atoms with E-state index < -0.39 is 12.0 Å². The van der Waals surface area contributed by atoms with Crippen LogP contribution in [0.3, 0.4) is 0 Å². The minimum atomic E-state index is -0.972. The highest BCUT2D eigenvalue weighted by Crippen LogP contribution is 2.33. The first-order valence-corrected chi connectivity index (χ1v) is 13.5. The molecule has 0 heterocycles. The molecule has 1 aliphatic carbocycles. The maximum atomic E-state index is 13.4. The molecule has 3 N–H and O–H groups in total. The third-order valence-corrected chi connectivity index (χ3v) is 6.93. The van der Waals surface area contributed by atoms with E-state index in [4.69, 9.17) is 9.84 Å². The van der Waals surface area contributed by atoms with Crippen molar-refractivity contribution in [3.63, 3.8) is 0 Å². The lowest BCUT2D eigenvalue weighted by Crippen LogP contribution is -2.44. The largest absolute Gasteiger partial charge is 0.482 e. The highest BCUT2D eigenvalue weighted by Gasteiger charge is 2.27. The number of likely N-dealkylation sites (N-methyl/N-ethyl adjacent to an activating group) is 1. The number of hydrogen-bond donors (Lipinski definition) is 3. The third kappa shape index (κ3) is 8.31. The minimum Gasteiger partial charge on any atom is -0.482 e. The van der Waals surface area contributed by atoms with Crippen molar-refractivity contribution in [1.82, 2.24) is 5.32 Å². The molecule has 0 spiro atoms. The molecule has 0 aromatic heterocycles. The summed E-state index contributed by atoms with van der Waals surface area (Å²) < 4.78 is 5.92. The van der Waals surface area contributed by atoms with Gasteiger partial charge in [-0.1, -0.05) is 48.9 Å². The molecule has 3 aromatic carbocycles. The molecule has 0 unspecified atom stereocenters. The molecule has 1 saturated carbocycles. The number of anilines is 3. The van der Waals surface area contributed by atoms with E-state index in [1.165, 1.54) is 4.90 Å². The number of para-hydroxylation sites is 3. The Balaban J connectivity index is 1.41. The molecule has 0 bridgehead atoms. The van der Waals surface area contributed by atoms with Gasteiger partial charge in [-0.05, 0) is 60.7 Å². The average molecular weight is 559 g/mol. The van der Waals surface area contributed by atoms with Gasteiger partial charge in [0.25, 0.3) is 5.91 Å². The number of nitrogens with one attached hydrogen (secondary N) is 2. The van der Waals surface area contributed by atoms with Gasteiger partial charge in [0, 0.05) is 25.0 Å². The molecule has 214 valence electrons. The van der Waals surface area contributed by atoms with E-state index in [2.05, 4.69) is 10.6 Å². The SMILES string of the molecule is CN(C(=O)COc1ccccc1N(CC1CCC1)C(=O)CNC(=O)Nc1cccc(CC(=O)O)c1)c1ccccc1. The van der Waals surface area contributed by atoms with E-state index in [1.807, 2.05) is 30.3 Å². The van der Waals surface area contributed by atoms with E-state index in [-0.39, 0.29) is 31.4 Å². The van der Waals surface area contributed by atoms with Crippen LogP contribution in [0.2, 0.25) is 0 Å². The third-order valence-electron chi connectivity index (χ3n) is 6.93. The number of ether oxygens (including phenoxy) is 1. The van der Waals surface area contributed by atoms with Crippen molar-refractivity contribution < 1.29 is 29.0 Å². The van der Waals surface area contributed by atoms with Crippen LogP contribution in [-0.4, -0.2) is 55.7 Å². The fourth-order valence-electron chi connectivity index (χ4n) is 4.46. The lowest BCUT2D eigenvalue weighted by molar-refractivity contribution is -0.136. The maximum Gasteiger partial charge on any atom is 0.319 e. The maximum absolute atomic E-state index is 13.4. The summed E-state index contributed by atoms with van der Waals surface area (Å²) in [6.45, 7) is -0.00948. The number of nitrogens with zero attached hydrogens (tertiary/aromatic N) is 2. The van der Waals surface area contributed by atoms with Gasteiger partial charge in [-0.25, -0.2) is 4.79 Å². The zero-order valence-corrected chi connectivity index (χ0v) is 22.9. The van der Waals surface area contributed by atoms with Crippen molar-refractivity contribution in [3.8, 4) is 5.75 Å². The summed E-state index contributed by atoms with van der Waals surface area (Å²) in [5.41, 5.74) is 2.24. The van der Waals surface area contributed by atoms with Crippen LogP contribution >= 0.6 is 0 Å². The number of hydrogen-bond acceptors (Lipinski definition) is 5. The highest BCUT2D eigenvalue weighted by molar-refractivity contribution is 5.99. The van der Waals surface area contributed by atoms with E-state index >= 15 is 0 Å². The minimum absolute atomic E-state index is 0.165. The van der Waals surface area contributed by atoms with Crippen LogP contribution in [0.5, 0.6) is 5.75 Å². The average Bonchev–Trinajstić information content (AvgIpc) is 2.94. The normalized spacial score (nSPS) is 12.5. The van der Waals surface area contributed by atoms with Crippen LogP contribution in [-0.2, 0) is 20.8 Å². The van der Waals surface area contributed by atoms with Crippen LogP contribution in [0.15, 0.2) is 78.9 Å². The van der Waals surface area contributed by atoms with E-state index in [0.29, 0.717) is 35.2 Å². The smallest absolute Gasteiger partial charge is 0.319 e. The Hall–Kier alpha value is -4.86. The van der Waals surface area contributed by atoms with Crippen molar-refractivity contribution in [2.75, 3.05) is 41.9 Å². The Morgan fingerprint density at radius 3 is 2.37 bits per heavy atom. The summed E-state index contributed by atoms with van der Waals surface area (Å²) >= 11 is 0. The molecule has 0 aliphatic heterocycles. The van der Waals surface area contributed by atoms with Crippen LogP contribution in [0, 0.1) is 5.92 Å². The Labute approximate surface area is 238 Å². The van der Waals surface area contributed by atoms with Crippen LogP contribution in [0.1, 0.15) is 24.8 Å². The Kier molecular flexibility index (Phi) is 9.93. The van der Waals surface area contributed by atoms with Gasteiger partial charge in [0.15, 0.2) is 6.61 Å². The number of benzene rings is 3. The van der Waals surface area contributed by atoms with Crippen molar-refractivity contribution in [2.45, 2.75) is 25.7 Å². The van der Waals surface area contributed by atoms with Crippen LogP contribution in [0.4, 0.5) is 21.9 Å². The molecule has 10 nitrogen and oxygen atoms in total. The number of carboxylic acids is 1. The molecule has 3 aromatic rings. The first kappa shape index (κ1) is 29.1. The topological polar surface area (TPSA) is 128 Å². The molecular weight excluding hydrogens is 524 g/mol. The summed E-state index contributed by atoms with van der Waals surface area (Å²) in [7, 11) is 1.68. The zero-order chi connectivity index (χ0) is 29.2. The Morgan fingerprint density at radius 1 is 0.927 bits per heavy atom. The fraction of sp³-hybridized carbons (Fsp3) is 0.290. The van der Waals surface area contributed by atoms with Crippen molar-refractivity contribution >= 4 is 40.9 Å². The lowest BCUT2D eigenvalue weighted by Gasteiger charge is -2.33. The van der Waals surface area contributed by atoms with Gasteiger partial charge in [-0.3, -0.25) is 14.4 Å². The standard InChI is InChI=1S/C31H34N4O6/c1-34(25-13-3-2-4-14-25)29(37)21-41-27-16-6-5-15-26(27)35(20-22-9-7-10-22)28(36)19-32-31(40)33-24-12-8-11-23(17-24)18-30(38)39/h2-6,8,11-17,22H,7,9-10,18-21H2,1H3,(H,38,39)(H2,32,33,40). The Bertz CT molecular complexity index is 1380. The van der Waals surface area contributed by atoms with Gasteiger partial charge in [-0.15, -0.1) is 0 Å². The second-order valence-corrected chi connectivity index (χ2v) is 9.92. The van der Waals surface area contributed by atoms with Gasteiger partial charge in [0.2, 0.25) is 5.91 Å². The number of amides is 4. The highest BCUT2D eigenvalue weighted by atomic mass is 16.5. The van der Waals surface area contributed by atoms with Crippen LogP contribution < -0.4 is 25.2 Å². The number of carbonyl (C=O) groups is 4. The number of urea groups is 1. The molecular formula is C31H34N4O6. The Morgan fingerprint density at radius 2 is 1.66 bits per heavy atom. The van der Waals surface area contributed by atoms with E-state index in [1.54, 1.807) is 60.5 Å². The molecule has 0 atom stereocenters. The number of carbonyl (C=O) groups excluding carboxylic acids is 3. The second kappa shape index (κ2) is 14.0.